The SMILES string of the molecule is COc1ccc(NC(=O)C2(C(=O)NC3CCCCCC3)CC2)cc1OC. The molecule has 0 spiro atoms. The predicted molar refractivity (Wildman–Crippen MR) is 99.5 cm³/mol. The Labute approximate surface area is 154 Å². The Bertz CT molecular complexity index is 662. The van der Waals surface area contributed by atoms with E-state index in [9.17, 15) is 9.59 Å². The molecule has 6 heteroatoms. The van der Waals surface area contributed by atoms with Gasteiger partial charge >= 0.3 is 0 Å². The maximum absolute atomic E-state index is 12.8. The molecule has 0 heterocycles. The summed E-state index contributed by atoms with van der Waals surface area (Å²) >= 11 is 0. The molecule has 2 saturated carbocycles. The molecular formula is C20H28N2O4. The highest BCUT2D eigenvalue weighted by Crippen LogP contribution is 2.47. The van der Waals surface area contributed by atoms with E-state index < -0.39 is 5.41 Å². The van der Waals surface area contributed by atoms with E-state index in [4.69, 9.17) is 9.47 Å². The average molecular weight is 360 g/mol. The highest BCUT2D eigenvalue weighted by atomic mass is 16.5. The van der Waals surface area contributed by atoms with Gasteiger partial charge in [0.25, 0.3) is 0 Å². The van der Waals surface area contributed by atoms with Crippen molar-refractivity contribution in [3.8, 4) is 11.5 Å². The lowest BCUT2D eigenvalue weighted by Crippen LogP contribution is -2.44. The number of carbonyl (C=O) groups excluding carboxylic acids is 2. The van der Waals surface area contributed by atoms with Crippen LogP contribution in [-0.2, 0) is 9.59 Å². The number of carbonyl (C=O) groups is 2. The Morgan fingerprint density at radius 3 is 2.19 bits per heavy atom. The predicted octanol–water partition coefficient (Wildman–Crippen LogP) is 3.26. The third-order valence-corrected chi connectivity index (χ3v) is 5.45. The lowest BCUT2D eigenvalue weighted by molar-refractivity contribution is -0.134. The van der Waals surface area contributed by atoms with Crippen molar-refractivity contribution in [1.29, 1.82) is 0 Å². The van der Waals surface area contributed by atoms with Gasteiger partial charge < -0.3 is 20.1 Å². The van der Waals surface area contributed by atoms with Crippen molar-refractivity contribution in [2.75, 3.05) is 19.5 Å². The van der Waals surface area contributed by atoms with Crippen molar-refractivity contribution in [3.63, 3.8) is 0 Å². The van der Waals surface area contributed by atoms with E-state index in [1.54, 1.807) is 32.4 Å². The molecule has 0 radical (unpaired) electrons. The van der Waals surface area contributed by atoms with Crippen molar-refractivity contribution in [2.24, 2.45) is 5.41 Å². The van der Waals surface area contributed by atoms with Gasteiger partial charge in [-0.2, -0.15) is 0 Å². The van der Waals surface area contributed by atoms with Gasteiger partial charge in [-0.15, -0.1) is 0 Å². The van der Waals surface area contributed by atoms with Gasteiger partial charge in [-0.25, -0.2) is 0 Å². The molecule has 3 rings (SSSR count). The van der Waals surface area contributed by atoms with Crippen LogP contribution in [0.25, 0.3) is 0 Å². The van der Waals surface area contributed by atoms with Crippen molar-refractivity contribution >= 4 is 17.5 Å². The first kappa shape index (κ1) is 18.5. The summed E-state index contributed by atoms with van der Waals surface area (Å²) in [6.45, 7) is 0. The van der Waals surface area contributed by atoms with E-state index in [0.29, 0.717) is 30.0 Å². The van der Waals surface area contributed by atoms with Gasteiger partial charge in [0.15, 0.2) is 11.5 Å². The Balaban J connectivity index is 1.64. The normalized spacial score (nSPS) is 19.2. The molecule has 0 aliphatic heterocycles. The van der Waals surface area contributed by atoms with Gasteiger partial charge in [0.1, 0.15) is 5.41 Å². The molecule has 1 aromatic carbocycles. The van der Waals surface area contributed by atoms with E-state index in [1.165, 1.54) is 12.8 Å². The summed E-state index contributed by atoms with van der Waals surface area (Å²) in [6.07, 6.45) is 7.99. The van der Waals surface area contributed by atoms with Crippen LogP contribution in [0.15, 0.2) is 18.2 Å². The third kappa shape index (κ3) is 3.94. The molecule has 0 aromatic heterocycles. The van der Waals surface area contributed by atoms with Crippen LogP contribution in [0.4, 0.5) is 5.69 Å². The molecule has 2 N–H and O–H groups in total. The fraction of sp³-hybridized carbons (Fsp3) is 0.600. The van der Waals surface area contributed by atoms with Crippen LogP contribution in [0, 0.1) is 5.41 Å². The topological polar surface area (TPSA) is 76.7 Å². The van der Waals surface area contributed by atoms with Crippen LogP contribution in [0.1, 0.15) is 51.4 Å². The molecule has 0 atom stereocenters. The molecule has 0 unspecified atom stereocenters. The summed E-state index contributed by atoms with van der Waals surface area (Å²) in [7, 11) is 3.11. The maximum Gasteiger partial charge on any atom is 0.240 e. The minimum Gasteiger partial charge on any atom is -0.493 e. The number of amides is 2. The summed E-state index contributed by atoms with van der Waals surface area (Å²) in [5.41, 5.74) is -0.319. The number of hydrogen-bond acceptors (Lipinski definition) is 4. The Hall–Kier alpha value is -2.24. The van der Waals surface area contributed by atoms with Crippen LogP contribution in [0.3, 0.4) is 0 Å². The fourth-order valence-electron chi connectivity index (χ4n) is 3.59. The van der Waals surface area contributed by atoms with Crippen LogP contribution in [0.2, 0.25) is 0 Å². The number of ether oxygens (including phenoxy) is 2. The van der Waals surface area contributed by atoms with Crippen molar-refractivity contribution in [1.82, 2.24) is 5.32 Å². The summed E-state index contributed by atoms with van der Waals surface area (Å²) in [6, 6.07) is 5.39. The number of anilines is 1. The summed E-state index contributed by atoms with van der Waals surface area (Å²) < 4.78 is 10.5. The minimum absolute atomic E-state index is 0.123. The second kappa shape index (κ2) is 7.98. The molecule has 142 valence electrons. The smallest absolute Gasteiger partial charge is 0.240 e. The quantitative estimate of drug-likeness (QED) is 0.603. The number of hydrogen-bond donors (Lipinski definition) is 2. The third-order valence-electron chi connectivity index (χ3n) is 5.45. The minimum atomic E-state index is -0.917. The zero-order valence-electron chi connectivity index (χ0n) is 15.6. The highest BCUT2D eigenvalue weighted by molar-refractivity contribution is 6.13. The molecule has 6 nitrogen and oxygen atoms in total. The number of rotatable bonds is 6. The van der Waals surface area contributed by atoms with Crippen LogP contribution in [0.5, 0.6) is 11.5 Å². The second-order valence-electron chi connectivity index (χ2n) is 7.27. The second-order valence-corrected chi connectivity index (χ2v) is 7.27. The van der Waals surface area contributed by atoms with Crippen LogP contribution in [-0.4, -0.2) is 32.1 Å². The van der Waals surface area contributed by atoms with Gasteiger partial charge in [-0.05, 0) is 37.8 Å². The van der Waals surface area contributed by atoms with Crippen LogP contribution < -0.4 is 20.1 Å². The highest BCUT2D eigenvalue weighted by Gasteiger charge is 2.56. The average Bonchev–Trinajstić information content (AvgIpc) is 3.47. The van der Waals surface area contributed by atoms with Crippen molar-refractivity contribution in [3.05, 3.63) is 18.2 Å². The molecular weight excluding hydrogens is 332 g/mol. The zero-order chi connectivity index (χ0) is 18.6. The standard InChI is InChI=1S/C20H28N2O4/c1-25-16-10-9-15(13-17(16)26-2)22-19(24)20(11-12-20)18(23)21-14-7-5-3-4-6-8-14/h9-10,13-14H,3-8,11-12H2,1-2H3,(H,21,23)(H,22,24). The number of nitrogens with one attached hydrogen (secondary N) is 2. The van der Waals surface area contributed by atoms with Gasteiger partial charge in [0.2, 0.25) is 11.8 Å². The lowest BCUT2D eigenvalue weighted by atomic mass is 10.0. The Morgan fingerprint density at radius 2 is 1.62 bits per heavy atom. The Kier molecular flexibility index (Phi) is 5.69. The molecule has 0 bridgehead atoms. The van der Waals surface area contributed by atoms with Gasteiger partial charge in [-0.1, -0.05) is 25.7 Å². The molecule has 1 aromatic rings. The zero-order valence-corrected chi connectivity index (χ0v) is 15.6. The molecule has 2 amide bonds. The molecule has 2 aliphatic carbocycles. The van der Waals surface area contributed by atoms with Gasteiger partial charge in [-0.3, -0.25) is 9.59 Å². The maximum atomic E-state index is 12.8. The molecule has 2 aliphatic rings. The lowest BCUT2D eigenvalue weighted by Gasteiger charge is -2.21. The van der Waals surface area contributed by atoms with E-state index in [1.807, 2.05) is 0 Å². The summed E-state index contributed by atoms with van der Waals surface area (Å²) in [4.78, 5) is 25.5. The largest absolute Gasteiger partial charge is 0.493 e. The number of benzene rings is 1. The van der Waals surface area contributed by atoms with Crippen LogP contribution >= 0.6 is 0 Å². The Morgan fingerprint density at radius 1 is 0.962 bits per heavy atom. The molecule has 2 fully saturated rings. The summed E-state index contributed by atoms with van der Waals surface area (Å²) in [5, 5.41) is 5.99. The van der Waals surface area contributed by atoms with E-state index in [-0.39, 0.29) is 17.9 Å². The van der Waals surface area contributed by atoms with Crippen molar-refractivity contribution in [2.45, 2.75) is 57.4 Å². The van der Waals surface area contributed by atoms with Crippen molar-refractivity contribution < 1.29 is 19.1 Å². The van der Waals surface area contributed by atoms with Gasteiger partial charge in [0, 0.05) is 17.8 Å². The first-order chi connectivity index (χ1) is 12.6. The fourth-order valence-corrected chi connectivity index (χ4v) is 3.59. The van der Waals surface area contributed by atoms with E-state index >= 15 is 0 Å². The first-order valence-electron chi connectivity index (χ1n) is 9.43. The van der Waals surface area contributed by atoms with Gasteiger partial charge in [0.05, 0.1) is 14.2 Å². The van der Waals surface area contributed by atoms with E-state index in [2.05, 4.69) is 10.6 Å². The first-order valence-corrected chi connectivity index (χ1v) is 9.43. The monoisotopic (exact) mass is 360 g/mol. The van der Waals surface area contributed by atoms with E-state index in [0.717, 1.165) is 25.7 Å². The molecule has 0 saturated heterocycles. The molecule has 26 heavy (non-hydrogen) atoms. The number of methoxy groups -OCH3 is 2. The summed E-state index contributed by atoms with van der Waals surface area (Å²) in [5.74, 6) is 0.772.